The number of nitrogens with zero attached hydrogens (tertiary/aromatic N) is 3. The number of thiazole rings is 1. The van der Waals surface area contributed by atoms with Crippen molar-refractivity contribution in [1.82, 2.24) is 20.5 Å². The first-order chi connectivity index (χ1) is 18.9. The van der Waals surface area contributed by atoms with Gasteiger partial charge in [-0.15, -0.1) is 21.5 Å². The summed E-state index contributed by atoms with van der Waals surface area (Å²) in [7, 11) is 0. The van der Waals surface area contributed by atoms with Crippen LogP contribution in [0.25, 0.3) is 11.5 Å². The van der Waals surface area contributed by atoms with Gasteiger partial charge in [-0.1, -0.05) is 0 Å². The Morgan fingerprint density at radius 3 is 2.62 bits per heavy atom. The molecule has 2 aromatic carbocycles. The first-order valence-electron chi connectivity index (χ1n) is 12.0. The lowest BCUT2D eigenvalue weighted by Crippen LogP contribution is -2.27. The van der Waals surface area contributed by atoms with E-state index in [-0.39, 0.29) is 34.7 Å². The molecule has 2 aromatic heterocycles. The smallest absolute Gasteiger partial charge is 0.357 e. The fraction of sp³-hybridized carbons (Fsp3) is 0.231. The van der Waals surface area contributed by atoms with E-state index in [0.29, 0.717) is 36.2 Å². The quantitative estimate of drug-likeness (QED) is 0.293. The number of benzene rings is 2. The van der Waals surface area contributed by atoms with E-state index in [4.69, 9.17) is 18.6 Å². The highest BCUT2D eigenvalue weighted by Crippen LogP contribution is 2.31. The summed E-state index contributed by atoms with van der Waals surface area (Å²) in [5.41, 5.74) is 1.02. The molecule has 2 N–H and O–H groups in total. The number of esters is 1. The van der Waals surface area contributed by atoms with Gasteiger partial charge < -0.3 is 23.9 Å². The number of rotatable bonds is 9. The van der Waals surface area contributed by atoms with Gasteiger partial charge in [0.05, 0.1) is 6.61 Å². The van der Waals surface area contributed by atoms with E-state index in [9.17, 15) is 14.4 Å². The van der Waals surface area contributed by atoms with Gasteiger partial charge in [-0.2, -0.15) is 0 Å². The first kappa shape index (κ1) is 25.9. The molecule has 0 aliphatic carbocycles. The highest BCUT2D eigenvalue weighted by molar-refractivity contribution is 7.14. The fourth-order valence-electron chi connectivity index (χ4n) is 3.69. The molecule has 39 heavy (non-hydrogen) atoms. The van der Waals surface area contributed by atoms with Gasteiger partial charge in [0.25, 0.3) is 11.8 Å². The summed E-state index contributed by atoms with van der Waals surface area (Å²) in [4.78, 5) is 41.2. The summed E-state index contributed by atoms with van der Waals surface area (Å²) < 4.78 is 22.3. The number of ether oxygens (including phenoxy) is 3. The number of anilines is 1. The van der Waals surface area contributed by atoms with Crippen molar-refractivity contribution in [2.24, 2.45) is 0 Å². The van der Waals surface area contributed by atoms with Crippen LogP contribution in [-0.2, 0) is 9.53 Å². The lowest BCUT2D eigenvalue weighted by atomic mass is 10.1. The topological polar surface area (TPSA) is 155 Å². The van der Waals surface area contributed by atoms with Gasteiger partial charge >= 0.3 is 5.97 Å². The maximum atomic E-state index is 13.1. The molecule has 1 fully saturated rings. The summed E-state index contributed by atoms with van der Waals surface area (Å²) in [6.07, 6.45) is -0.183. The summed E-state index contributed by atoms with van der Waals surface area (Å²) in [5.74, 6) is 0.608. The Kier molecular flexibility index (Phi) is 7.50. The van der Waals surface area contributed by atoms with Crippen LogP contribution in [0, 0.1) is 6.92 Å². The van der Waals surface area contributed by atoms with E-state index in [0.717, 1.165) is 16.9 Å². The number of carbonyl (C=O) groups is 3. The number of amides is 2. The molecule has 1 aliphatic rings. The van der Waals surface area contributed by atoms with Crippen LogP contribution in [0.3, 0.4) is 0 Å². The van der Waals surface area contributed by atoms with Gasteiger partial charge in [-0.25, -0.2) is 9.78 Å². The van der Waals surface area contributed by atoms with Gasteiger partial charge in [0.15, 0.2) is 16.9 Å². The molecule has 5 rings (SSSR count). The maximum absolute atomic E-state index is 13.1. The zero-order chi connectivity index (χ0) is 27.4. The van der Waals surface area contributed by atoms with Crippen molar-refractivity contribution in [2.75, 3.05) is 18.5 Å². The normalized spacial score (nSPS) is 14.5. The molecule has 0 bridgehead atoms. The van der Waals surface area contributed by atoms with Gasteiger partial charge in [-0.05, 0) is 43.3 Å². The number of carbonyl (C=O) groups excluding carboxylic acids is 3. The number of aryl methyl sites for hydroxylation is 1. The van der Waals surface area contributed by atoms with Gasteiger partial charge in [0.2, 0.25) is 11.8 Å². The highest BCUT2D eigenvalue weighted by atomic mass is 32.1. The Balaban J connectivity index is 1.37. The number of hydrogen-bond donors (Lipinski definition) is 2. The second-order valence-electron chi connectivity index (χ2n) is 8.34. The Hall–Kier alpha value is -4.78. The third kappa shape index (κ3) is 6.21. The lowest BCUT2D eigenvalue weighted by Gasteiger charge is -2.14. The molecule has 0 spiro atoms. The highest BCUT2D eigenvalue weighted by Gasteiger charge is 2.26. The molecule has 4 aromatic rings. The minimum absolute atomic E-state index is 0.102. The van der Waals surface area contributed by atoms with Gasteiger partial charge in [0, 0.05) is 42.5 Å². The molecule has 0 radical (unpaired) electrons. The zero-order valence-electron chi connectivity index (χ0n) is 20.9. The van der Waals surface area contributed by atoms with E-state index >= 15 is 0 Å². The predicted octanol–water partition coefficient (Wildman–Crippen LogP) is 3.99. The van der Waals surface area contributed by atoms with Crippen LogP contribution < -0.4 is 20.1 Å². The minimum atomic E-state index is -0.681. The minimum Gasteiger partial charge on any atom is -0.480 e. The van der Waals surface area contributed by atoms with Crippen molar-refractivity contribution in [3.63, 3.8) is 0 Å². The molecule has 0 unspecified atom stereocenters. The van der Waals surface area contributed by atoms with E-state index in [2.05, 4.69) is 25.8 Å². The molecular formula is C26H23N5O7S. The maximum Gasteiger partial charge on any atom is 0.357 e. The summed E-state index contributed by atoms with van der Waals surface area (Å²) in [6.45, 7) is 4.12. The monoisotopic (exact) mass is 549 g/mol. The molecule has 0 saturated carbocycles. The summed E-state index contributed by atoms with van der Waals surface area (Å²) >= 11 is 1.09. The zero-order valence-corrected chi connectivity index (χ0v) is 21.7. The van der Waals surface area contributed by atoms with Gasteiger partial charge in [-0.3, -0.25) is 14.9 Å². The number of aromatic nitrogens is 3. The molecule has 2 amide bonds. The van der Waals surface area contributed by atoms with Crippen molar-refractivity contribution < 1.29 is 33.0 Å². The molecule has 13 heteroatoms. The van der Waals surface area contributed by atoms with Crippen molar-refractivity contribution >= 4 is 34.3 Å². The van der Waals surface area contributed by atoms with E-state index in [1.54, 1.807) is 44.2 Å². The summed E-state index contributed by atoms with van der Waals surface area (Å²) in [5, 5.41) is 14.9. The Morgan fingerprint density at radius 2 is 1.92 bits per heavy atom. The Bertz CT molecular complexity index is 1520. The van der Waals surface area contributed by atoms with Crippen LogP contribution in [0.15, 0.2) is 52.3 Å². The number of hydrogen-bond acceptors (Lipinski definition) is 11. The number of nitrogens with one attached hydrogen (secondary N) is 2. The second kappa shape index (κ2) is 11.3. The third-order valence-corrected chi connectivity index (χ3v) is 6.25. The average molecular weight is 550 g/mol. The van der Waals surface area contributed by atoms with Crippen molar-refractivity contribution in [2.45, 2.75) is 26.4 Å². The van der Waals surface area contributed by atoms with Crippen molar-refractivity contribution in [3.05, 3.63) is 65.0 Å². The standard InChI is InChI=1S/C26H23N5O7S/c1-3-35-25(34)20-13-39-26(28-20)29-22(32)16-10-18(12-19(11-16)38-21-8-9-27-23(21)33)37-17-6-4-15(5-7-17)24-31-30-14(2)36-24/h4-7,10-13,21H,3,8-9H2,1-2H3,(H,27,33)(H,28,29,32)/t21-/m1/s1. The SMILES string of the molecule is CCOC(=O)c1csc(NC(=O)c2cc(Oc3ccc(-c4nnc(C)o4)cc3)cc(O[C@@H]3CCNC3=O)c2)n1. The summed E-state index contributed by atoms with van der Waals surface area (Å²) in [6, 6.07) is 11.6. The molecule has 1 atom stereocenters. The molecule has 1 aliphatic heterocycles. The second-order valence-corrected chi connectivity index (χ2v) is 9.20. The first-order valence-corrected chi connectivity index (χ1v) is 12.9. The molecule has 3 heterocycles. The average Bonchev–Trinajstić information content (AvgIpc) is 3.67. The van der Waals surface area contributed by atoms with Crippen molar-refractivity contribution in [1.29, 1.82) is 0 Å². The van der Waals surface area contributed by atoms with E-state index in [1.807, 2.05) is 0 Å². The Morgan fingerprint density at radius 1 is 1.13 bits per heavy atom. The predicted molar refractivity (Wildman–Crippen MR) is 139 cm³/mol. The molecule has 12 nitrogen and oxygen atoms in total. The molecule has 200 valence electrons. The van der Waals surface area contributed by atoms with Crippen LogP contribution >= 0.6 is 11.3 Å². The van der Waals surface area contributed by atoms with Crippen LogP contribution in [0.2, 0.25) is 0 Å². The van der Waals surface area contributed by atoms with Crippen LogP contribution in [-0.4, -0.2) is 52.2 Å². The van der Waals surface area contributed by atoms with Crippen LogP contribution in [0.1, 0.15) is 40.1 Å². The van der Waals surface area contributed by atoms with Crippen LogP contribution in [0.5, 0.6) is 17.2 Å². The third-order valence-electron chi connectivity index (χ3n) is 5.49. The van der Waals surface area contributed by atoms with Gasteiger partial charge in [0.1, 0.15) is 17.2 Å². The van der Waals surface area contributed by atoms with Crippen LogP contribution in [0.4, 0.5) is 5.13 Å². The van der Waals surface area contributed by atoms with E-state index < -0.39 is 18.0 Å². The Labute approximate surface area is 226 Å². The lowest BCUT2D eigenvalue weighted by molar-refractivity contribution is -0.124. The fourth-order valence-corrected chi connectivity index (χ4v) is 4.37. The largest absolute Gasteiger partial charge is 0.480 e. The van der Waals surface area contributed by atoms with Crippen molar-refractivity contribution in [3.8, 4) is 28.7 Å². The molecular weight excluding hydrogens is 526 g/mol. The van der Waals surface area contributed by atoms with E-state index in [1.165, 1.54) is 17.5 Å². The molecule has 1 saturated heterocycles.